The molecule has 0 fully saturated rings. The molecule has 0 atom stereocenters. The average Bonchev–Trinajstić information content (AvgIpc) is 3.14. The maximum absolute atomic E-state index is 12.4. The van der Waals surface area contributed by atoms with Crippen LogP contribution in [0.5, 0.6) is 11.5 Å². The van der Waals surface area contributed by atoms with Crippen LogP contribution in [0.3, 0.4) is 0 Å². The highest BCUT2D eigenvalue weighted by molar-refractivity contribution is 7.16. The first-order valence-corrected chi connectivity index (χ1v) is 10.0. The molecule has 0 bridgehead atoms. The third-order valence-corrected chi connectivity index (χ3v) is 5.26. The molecule has 1 N–H and O–H groups in total. The molecule has 152 valence electrons. The Kier molecular flexibility index (Phi) is 5.49. The SMILES string of the molecule is COc1cccc(C(=O)Nc2ccc(OCc3cc(=O)n4cc(C)sc4n3)cc2)c1. The molecule has 8 heteroatoms. The smallest absolute Gasteiger partial charge is 0.258 e. The van der Waals surface area contributed by atoms with Gasteiger partial charge in [-0.15, -0.1) is 11.3 Å². The highest BCUT2D eigenvalue weighted by Gasteiger charge is 2.08. The number of anilines is 1. The minimum absolute atomic E-state index is 0.126. The summed E-state index contributed by atoms with van der Waals surface area (Å²) in [5, 5.41) is 2.84. The van der Waals surface area contributed by atoms with E-state index in [-0.39, 0.29) is 18.1 Å². The average molecular weight is 421 g/mol. The third-order valence-electron chi connectivity index (χ3n) is 4.37. The normalized spacial score (nSPS) is 10.7. The van der Waals surface area contributed by atoms with Crippen molar-refractivity contribution in [2.75, 3.05) is 12.4 Å². The maximum Gasteiger partial charge on any atom is 0.258 e. The number of carbonyl (C=O) groups excluding carboxylic acids is 1. The number of methoxy groups -OCH3 is 1. The van der Waals surface area contributed by atoms with Crippen molar-refractivity contribution >= 4 is 27.9 Å². The number of nitrogens with zero attached hydrogens (tertiary/aromatic N) is 2. The summed E-state index contributed by atoms with van der Waals surface area (Å²) in [6.45, 7) is 2.11. The van der Waals surface area contributed by atoms with Gasteiger partial charge in [0.05, 0.1) is 12.8 Å². The number of hydrogen-bond donors (Lipinski definition) is 1. The fourth-order valence-corrected chi connectivity index (χ4v) is 3.74. The molecule has 0 spiro atoms. The van der Waals surface area contributed by atoms with Crippen LogP contribution in [0.25, 0.3) is 4.96 Å². The van der Waals surface area contributed by atoms with Gasteiger partial charge in [-0.05, 0) is 49.4 Å². The highest BCUT2D eigenvalue weighted by atomic mass is 32.1. The van der Waals surface area contributed by atoms with E-state index in [2.05, 4.69) is 10.3 Å². The first-order valence-electron chi connectivity index (χ1n) is 9.19. The Bertz CT molecular complexity index is 1260. The van der Waals surface area contributed by atoms with Crippen molar-refractivity contribution in [1.82, 2.24) is 9.38 Å². The lowest BCUT2D eigenvalue weighted by Crippen LogP contribution is -2.14. The monoisotopic (exact) mass is 421 g/mol. The van der Waals surface area contributed by atoms with Crippen LogP contribution in [0.15, 0.2) is 65.6 Å². The zero-order valence-electron chi connectivity index (χ0n) is 16.4. The minimum atomic E-state index is -0.230. The summed E-state index contributed by atoms with van der Waals surface area (Å²) in [6, 6.07) is 15.4. The number of nitrogens with one attached hydrogen (secondary N) is 1. The molecular formula is C22H19N3O4S. The fourth-order valence-electron chi connectivity index (χ4n) is 2.89. The molecule has 0 aliphatic carbocycles. The van der Waals surface area contributed by atoms with Gasteiger partial charge in [0.1, 0.15) is 18.1 Å². The topological polar surface area (TPSA) is 81.9 Å². The standard InChI is InChI=1S/C22H19N3O4S/c1-14-12-25-20(26)11-17(24-22(25)30-14)13-29-18-8-6-16(7-9-18)23-21(27)15-4-3-5-19(10-15)28-2/h3-12H,13H2,1-2H3,(H,23,27). The predicted octanol–water partition coefficient (Wildman–Crippen LogP) is 3.90. The summed E-state index contributed by atoms with van der Waals surface area (Å²) in [5.74, 6) is 1.00. The van der Waals surface area contributed by atoms with Gasteiger partial charge in [0.15, 0.2) is 4.96 Å². The molecule has 0 aliphatic heterocycles. The van der Waals surface area contributed by atoms with Crippen LogP contribution < -0.4 is 20.3 Å². The molecule has 4 rings (SSSR count). The van der Waals surface area contributed by atoms with Gasteiger partial charge in [-0.2, -0.15) is 0 Å². The number of ether oxygens (including phenoxy) is 2. The molecule has 0 unspecified atom stereocenters. The maximum atomic E-state index is 12.4. The number of hydrogen-bond acceptors (Lipinski definition) is 6. The molecule has 0 aliphatic rings. The number of rotatable bonds is 6. The molecule has 2 heterocycles. The van der Waals surface area contributed by atoms with E-state index in [1.807, 2.05) is 6.92 Å². The van der Waals surface area contributed by atoms with E-state index in [0.717, 1.165) is 4.88 Å². The highest BCUT2D eigenvalue weighted by Crippen LogP contribution is 2.19. The number of benzene rings is 2. The van der Waals surface area contributed by atoms with E-state index in [1.54, 1.807) is 61.8 Å². The first kappa shape index (κ1) is 19.7. The number of carbonyl (C=O) groups is 1. The number of aromatic nitrogens is 2. The Morgan fingerprint density at radius 3 is 2.70 bits per heavy atom. The van der Waals surface area contributed by atoms with Crippen LogP contribution in [0.1, 0.15) is 20.9 Å². The lowest BCUT2D eigenvalue weighted by atomic mass is 10.2. The van der Waals surface area contributed by atoms with Crippen molar-refractivity contribution in [2.24, 2.45) is 0 Å². The molecular weight excluding hydrogens is 402 g/mol. The number of thiazole rings is 1. The van der Waals surface area contributed by atoms with Gasteiger partial charge in [-0.25, -0.2) is 4.98 Å². The van der Waals surface area contributed by atoms with Crippen molar-refractivity contribution < 1.29 is 14.3 Å². The van der Waals surface area contributed by atoms with Gasteiger partial charge < -0.3 is 14.8 Å². The largest absolute Gasteiger partial charge is 0.497 e. The van der Waals surface area contributed by atoms with Crippen molar-refractivity contribution in [2.45, 2.75) is 13.5 Å². The molecule has 1 amide bonds. The molecule has 30 heavy (non-hydrogen) atoms. The van der Waals surface area contributed by atoms with Crippen LogP contribution in [0.4, 0.5) is 5.69 Å². The summed E-state index contributed by atoms with van der Waals surface area (Å²) < 4.78 is 12.4. The summed E-state index contributed by atoms with van der Waals surface area (Å²) in [6.07, 6.45) is 1.78. The van der Waals surface area contributed by atoms with E-state index < -0.39 is 0 Å². The second kappa shape index (κ2) is 8.38. The van der Waals surface area contributed by atoms with Gasteiger partial charge >= 0.3 is 0 Å². The summed E-state index contributed by atoms with van der Waals surface area (Å²) in [7, 11) is 1.56. The van der Waals surface area contributed by atoms with Gasteiger partial charge in [-0.3, -0.25) is 14.0 Å². The van der Waals surface area contributed by atoms with Crippen LogP contribution in [0.2, 0.25) is 0 Å². The Hall–Kier alpha value is -3.65. The molecule has 7 nitrogen and oxygen atoms in total. The van der Waals surface area contributed by atoms with Gasteiger partial charge in [-0.1, -0.05) is 6.07 Å². The second-order valence-corrected chi connectivity index (χ2v) is 7.79. The number of amides is 1. The molecule has 2 aromatic heterocycles. The van der Waals surface area contributed by atoms with Crippen LogP contribution in [-0.4, -0.2) is 22.4 Å². The molecule has 0 saturated heterocycles. The van der Waals surface area contributed by atoms with Crippen molar-refractivity contribution in [1.29, 1.82) is 0 Å². The lowest BCUT2D eigenvalue weighted by Gasteiger charge is -2.09. The first-order chi connectivity index (χ1) is 14.5. The Morgan fingerprint density at radius 2 is 1.93 bits per heavy atom. The molecule has 0 saturated carbocycles. The van der Waals surface area contributed by atoms with E-state index in [1.165, 1.54) is 21.8 Å². The van der Waals surface area contributed by atoms with E-state index in [4.69, 9.17) is 9.47 Å². The fraction of sp³-hybridized carbons (Fsp3) is 0.136. The van der Waals surface area contributed by atoms with Crippen LogP contribution >= 0.6 is 11.3 Å². The van der Waals surface area contributed by atoms with E-state index in [9.17, 15) is 9.59 Å². The van der Waals surface area contributed by atoms with Crippen LogP contribution in [-0.2, 0) is 6.61 Å². The molecule has 2 aromatic carbocycles. The van der Waals surface area contributed by atoms with Gasteiger partial charge in [0.25, 0.3) is 11.5 Å². The Labute approximate surface area is 176 Å². The molecule has 4 aromatic rings. The van der Waals surface area contributed by atoms with Gasteiger partial charge in [0.2, 0.25) is 0 Å². The van der Waals surface area contributed by atoms with E-state index >= 15 is 0 Å². The van der Waals surface area contributed by atoms with Crippen LogP contribution in [0, 0.1) is 6.92 Å². The lowest BCUT2D eigenvalue weighted by molar-refractivity contribution is 0.102. The van der Waals surface area contributed by atoms with Crippen molar-refractivity contribution in [3.63, 3.8) is 0 Å². The quantitative estimate of drug-likeness (QED) is 0.511. The summed E-state index contributed by atoms with van der Waals surface area (Å²) in [5.41, 5.74) is 1.59. The summed E-state index contributed by atoms with van der Waals surface area (Å²) >= 11 is 1.46. The van der Waals surface area contributed by atoms with Crippen molar-refractivity contribution in [3.8, 4) is 11.5 Å². The summed E-state index contributed by atoms with van der Waals surface area (Å²) in [4.78, 5) is 30.7. The predicted molar refractivity (Wildman–Crippen MR) is 116 cm³/mol. The Morgan fingerprint density at radius 1 is 1.13 bits per heavy atom. The van der Waals surface area contributed by atoms with Gasteiger partial charge in [0, 0.05) is 28.4 Å². The minimum Gasteiger partial charge on any atom is -0.497 e. The second-order valence-electron chi connectivity index (χ2n) is 6.58. The zero-order valence-corrected chi connectivity index (χ0v) is 17.2. The Balaban J connectivity index is 1.40. The number of aryl methyl sites for hydroxylation is 1. The van der Waals surface area contributed by atoms with Crippen molar-refractivity contribution in [3.05, 3.63) is 87.3 Å². The van der Waals surface area contributed by atoms with E-state index in [0.29, 0.717) is 33.4 Å². The zero-order chi connectivity index (χ0) is 21.1. The number of fused-ring (bicyclic) bond motifs is 1. The third kappa shape index (κ3) is 4.33. The molecule has 0 radical (unpaired) electrons.